The highest BCUT2D eigenvalue weighted by atomic mass is 19.2. The van der Waals surface area contributed by atoms with Crippen LogP contribution in [0.2, 0.25) is 0 Å². The number of carbonyl (C=O) groups excluding carboxylic acids is 1. The normalized spacial score (nSPS) is 11.3. The number of nitrogens with two attached hydrogens (primary N) is 1. The molecule has 4 rings (SSSR count). The zero-order valence-electron chi connectivity index (χ0n) is 13.4. The van der Waals surface area contributed by atoms with Gasteiger partial charge in [0, 0.05) is 21.9 Å². The smallest absolute Gasteiger partial charge is 0.249 e. The highest BCUT2D eigenvalue weighted by Crippen LogP contribution is 2.32. The summed E-state index contributed by atoms with van der Waals surface area (Å²) < 4.78 is 43.5. The van der Waals surface area contributed by atoms with Crippen LogP contribution >= 0.6 is 0 Å². The zero-order valence-corrected chi connectivity index (χ0v) is 13.4. The number of amides is 1. The summed E-state index contributed by atoms with van der Waals surface area (Å²) in [5.74, 6) is -3.81. The fourth-order valence-electron chi connectivity index (χ4n) is 3.26. The molecule has 0 aliphatic carbocycles. The quantitative estimate of drug-likeness (QED) is 0.553. The van der Waals surface area contributed by atoms with E-state index in [9.17, 15) is 18.0 Å². The summed E-state index contributed by atoms with van der Waals surface area (Å²) in [5, 5.41) is 1.15. The minimum absolute atomic E-state index is 0.241. The molecule has 1 amide bonds. The van der Waals surface area contributed by atoms with Crippen LogP contribution in [0.25, 0.3) is 21.8 Å². The van der Waals surface area contributed by atoms with Crippen LogP contribution < -0.4 is 5.73 Å². The van der Waals surface area contributed by atoms with Crippen LogP contribution in [-0.4, -0.2) is 10.5 Å². The van der Waals surface area contributed by atoms with Crippen LogP contribution in [0.5, 0.6) is 0 Å². The molecule has 6 heteroatoms. The first-order chi connectivity index (χ1) is 12.5. The summed E-state index contributed by atoms with van der Waals surface area (Å²) in [5.41, 5.74) is 6.53. The van der Waals surface area contributed by atoms with Crippen molar-refractivity contribution in [1.29, 1.82) is 0 Å². The van der Waals surface area contributed by atoms with E-state index in [1.807, 2.05) is 0 Å². The van der Waals surface area contributed by atoms with Gasteiger partial charge in [-0.05, 0) is 36.4 Å². The Labute approximate surface area is 146 Å². The second kappa shape index (κ2) is 5.91. The maximum Gasteiger partial charge on any atom is 0.249 e. The maximum absolute atomic E-state index is 14.2. The van der Waals surface area contributed by atoms with Gasteiger partial charge in [0.15, 0.2) is 11.6 Å². The van der Waals surface area contributed by atoms with Gasteiger partial charge in [0.2, 0.25) is 5.91 Å². The second-order valence-electron chi connectivity index (χ2n) is 5.90. The van der Waals surface area contributed by atoms with Gasteiger partial charge in [0.25, 0.3) is 0 Å². The molecule has 0 saturated heterocycles. The van der Waals surface area contributed by atoms with E-state index in [1.54, 1.807) is 41.0 Å². The lowest BCUT2D eigenvalue weighted by Gasteiger charge is -2.10. The molecule has 26 heavy (non-hydrogen) atoms. The molecule has 129 valence electrons. The van der Waals surface area contributed by atoms with E-state index < -0.39 is 28.9 Å². The Morgan fingerprint density at radius 1 is 1.00 bits per heavy atom. The number of primary amides is 1. The summed E-state index contributed by atoms with van der Waals surface area (Å²) in [6.45, 7) is -0.241. The minimum Gasteiger partial charge on any atom is -0.366 e. The van der Waals surface area contributed by atoms with Crippen molar-refractivity contribution >= 4 is 27.7 Å². The largest absolute Gasteiger partial charge is 0.366 e. The molecule has 0 aliphatic heterocycles. The number of rotatable bonds is 3. The minimum atomic E-state index is -1.23. The molecule has 3 nitrogen and oxygen atoms in total. The molecule has 0 bridgehead atoms. The predicted molar refractivity (Wildman–Crippen MR) is 92.2 cm³/mol. The molecule has 0 atom stereocenters. The monoisotopic (exact) mass is 353 g/mol. The molecule has 4 aromatic rings. The van der Waals surface area contributed by atoms with Crippen molar-refractivity contribution in [2.45, 2.75) is 6.54 Å². The summed E-state index contributed by atoms with van der Waals surface area (Å²) in [7, 11) is 0. The van der Waals surface area contributed by atoms with Crippen LogP contribution in [0, 0.1) is 23.5 Å². The van der Waals surface area contributed by atoms with Gasteiger partial charge in [-0.25, -0.2) is 13.2 Å². The summed E-state index contributed by atoms with van der Waals surface area (Å²) in [4.78, 5) is 11.8. The van der Waals surface area contributed by atoms with Crippen molar-refractivity contribution in [3.05, 3.63) is 83.2 Å². The van der Waals surface area contributed by atoms with Crippen molar-refractivity contribution in [1.82, 2.24) is 4.57 Å². The molecule has 1 radical (unpaired) electrons. The number of aromatic nitrogens is 1. The Morgan fingerprint density at radius 3 is 2.50 bits per heavy atom. The molecule has 1 heterocycles. The second-order valence-corrected chi connectivity index (χ2v) is 5.90. The molecule has 0 saturated carbocycles. The van der Waals surface area contributed by atoms with Crippen LogP contribution in [0.4, 0.5) is 13.2 Å². The number of fused-ring (bicyclic) bond motifs is 3. The van der Waals surface area contributed by atoms with Crippen molar-refractivity contribution in [3.63, 3.8) is 0 Å². The van der Waals surface area contributed by atoms with Crippen molar-refractivity contribution < 1.29 is 18.0 Å². The van der Waals surface area contributed by atoms with E-state index in [-0.39, 0.29) is 12.1 Å². The third-order valence-corrected chi connectivity index (χ3v) is 4.43. The average molecular weight is 353 g/mol. The first-order valence-electron chi connectivity index (χ1n) is 7.83. The molecule has 2 N–H and O–H groups in total. The van der Waals surface area contributed by atoms with E-state index >= 15 is 0 Å². The molecule has 1 aromatic heterocycles. The van der Waals surface area contributed by atoms with Gasteiger partial charge in [0.1, 0.15) is 5.82 Å². The Balaban J connectivity index is 2.06. The van der Waals surface area contributed by atoms with Crippen LogP contribution in [-0.2, 0) is 6.54 Å². The number of hydrogen-bond acceptors (Lipinski definition) is 1. The first kappa shape index (κ1) is 16.2. The van der Waals surface area contributed by atoms with Gasteiger partial charge in [-0.2, -0.15) is 0 Å². The third-order valence-electron chi connectivity index (χ3n) is 4.43. The van der Waals surface area contributed by atoms with Gasteiger partial charge in [-0.15, -0.1) is 0 Å². The first-order valence-corrected chi connectivity index (χ1v) is 7.83. The summed E-state index contributed by atoms with van der Waals surface area (Å²) >= 11 is 0. The number of benzene rings is 3. The SMILES string of the molecule is NC(=O)c1cccc2c1c1[c]cccc1n2Cc1c(F)ccc(F)c1F. The Bertz CT molecular complexity index is 1180. The van der Waals surface area contributed by atoms with Crippen LogP contribution in [0.15, 0.2) is 48.5 Å². The molecule has 0 unspecified atom stereocenters. The Kier molecular flexibility index (Phi) is 3.68. The van der Waals surface area contributed by atoms with E-state index in [1.165, 1.54) is 0 Å². The van der Waals surface area contributed by atoms with Gasteiger partial charge in [-0.1, -0.05) is 18.2 Å². The van der Waals surface area contributed by atoms with Crippen LogP contribution in [0.3, 0.4) is 0 Å². The van der Waals surface area contributed by atoms with E-state index in [4.69, 9.17) is 5.73 Å². The Morgan fingerprint density at radius 2 is 1.73 bits per heavy atom. The molecule has 3 aromatic carbocycles. The maximum atomic E-state index is 14.2. The van der Waals surface area contributed by atoms with E-state index in [0.717, 1.165) is 12.1 Å². The average Bonchev–Trinajstić information content (AvgIpc) is 2.96. The van der Waals surface area contributed by atoms with Gasteiger partial charge in [0.05, 0.1) is 17.6 Å². The molecule has 0 aliphatic rings. The van der Waals surface area contributed by atoms with Crippen molar-refractivity contribution in [2.75, 3.05) is 0 Å². The van der Waals surface area contributed by atoms with Crippen molar-refractivity contribution in [3.8, 4) is 0 Å². The van der Waals surface area contributed by atoms with E-state index in [0.29, 0.717) is 21.8 Å². The lowest BCUT2D eigenvalue weighted by Crippen LogP contribution is -2.11. The highest BCUT2D eigenvalue weighted by molar-refractivity contribution is 6.17. The Hall–Kier alpha value is -3.28. The predicted octanol–water partition coefficient (Wildman–Crippen LogP) is 4.16. The highest BCUT2D eigenvalue weighted by Gasteiger charge is 2.20. The molecular formula is C20H12F3N2O. The van der Waals surface area contributed by atoms with Crippen LogP contribution in [0.1, 0.15) is 15.9 Å². The summed E-state index contributed by atoms with van der Waals surface area (Å²) in [6.07, 6.45) is 0. The van der Waals surface area contributed by atoms with Gasteiger partial charge >= 0.3 is 0 Å². The lowest BCUT2D eigenvalue weighted by atomic mass is 10.1. The number of carbonyl (C=O) groups is 1. The zero-order chi connectivity index (χ0) is 18.4. The molecule has 0 fully saturated rings. The van der Waals surface area contributed by atoms with E-state index in [2.05, 4.69) is 6.07 Å². The fourth-order valence-corrected chi connectivity index (χ4v) is 3.26. The molecular weight excluding hydrogens is 341 g/mol. The van der Waals surface area contributed by atoms with Gasteiger partial charge < -0.3 is 10.3 Å². The number of nitrogens with zero attached hydrogens (tertiary/aromatic N) is 1. The third kappa shape index (κ3) is 2.34. The standard InChI is InChI=1S/C20H12F3N2O/c21-14-8-9-15(22)19(23)13(14)10-25-16-6-2-1-4-11(16)18-12(20(24)26)5-3-7-17(18)25/h1-3,5-9H,10H2,(H2,24,26). The topological polar surface area (TPSA) is 48.0 Å². The lowest BCUT2D eigenvalue weighted by molar-refractivity contribution is 0.100. The summed E-state index contributed by atoms with van der Waals surface area (Å²) in [6, 6.07) is 14.8. The molecule has 0 spiro atoms. The fraction of sp³-hybridized carbons (Fsp3) is 0.0500. The number of hydrogen-bond donors (Lipinski definition) is 1. The van der Waals surface area contributed by atoms with Crippen molar-refractivity contribution in [2.24, 2.45) is 5.73 Å². The van der Waals surface area contributed by atoms with Gasteiger partial charge in [-0.3, -0.25) is 4.79 Å². The number of halogens is 3.